The van der Waals surface area contributed by atoms with E-state index in [4.69, 9.17) is 4.74 Å². The predicted octanol–water partition coefficient (Wildman–Crippen LogP) is -0.163. The molecular weight excluding hydrogens is 192 g/mol. The summed E-state index contributed by atoms with van der Waals surface area (Å²) in [6, 6.07) is 1.79. The molecule has 4 nitrogen and oxygen atoms in total. The number of nitrogens with zero attached hydrogens (tertiary/aromatic N) is 1. The van der Waals surface area contributed by atoms with E-state index in [9.17, 15) is 4.79 Å². The van der Waals surface area contributed by atoms with Crippen molar-refractivity contribution in [2.75, 3.05) is 13.2 Å². The number of aliphatic imine (C=N–C) groups is 1. The first kappa shape index (κ1) is 9.71. The van der Waals surface area contributed by atoms with Gasteiger partial charge >= 0.3 is 5.97 Å². The van der Waals surface area contributed by atoms with Gasteiger partial charge in [-0.05, 0) is 24.3 Å². The molecule has 2 heterocycles. The number of carbonyl (C=O) groups is 1. The zero-order valence-electron chi connectivity index (χ0n) is 8.49. The second kappa shape index (κ2) is 4.13. The molecule has 0 aromatic carbocycles. The normalized spacial score (nSPS) is 13.4. The van der Waals surface area contributed by atoms with Crippen LogP contribution in [0.15, 0.2) is 11.1 Å². The predicted molar refractivity (Wildman–Crippen MR) is 58.3 cm³/mol. The molecule has 0 saturated carbocycles. The van der Waals surface area contributed by atoms with E-state index in [0.717, 1.165) is 10.6 Å². The Labute approximate surface area is 87.0 Å². The molecule has 0 spiro atoms. The SMILES string of the molecule is CCOC(=O)c1cc2c([nH]1)=CC=NCC=2. The number of fused-ring (bicyclic) bond motifs is 1. The smallest absolute Gasteiger partial charge is 0.354 e. The van der Waals surface area contributed by atoms with Gasteiger partial charge in [-0.3, -0.25) is 4.99 Å². The molecule has 1 aromatic heterocycles. The number of H-pyrrole nitrogens is 1. The summed E-state index contributed by atoms with van der Waals surface area (Å²) in [5, 5.41) is 1.90. The molecule has 1 aromatic rings. The van der Waals surface area contributed by atoms with Crippen LogP contribution in [0.5, 0.6) is 0 Å². The van der Waals surface area contributed by atoms with Gasteiger partial charge in [0.05, 0.1) is 13.2 Å². The van der Waals surface area contributed by atoms with Crippen molar-refractivity contribution in [1.82, 2.24) is 4.98 Å². The Bertz CT molecular complexity index is 511. The monoisotopic (exact) mass is 204 g/mol. The van der Waals surface area contributed by atoms with E-state index in [1.807, 2.05) is 12.2 Å². The summed E-state index contributed by atoms with van der Waals surface area (Å²) >= 11 is 0. The van der Waals surface area contributed by atoms with Crippen molar-refractivity contribution < 1.29 is 9.53 Å². The lowest BCUT2D eigenvalue weighted by Gasteiger charge is -1.96. The molecule has 4 heteroatoms. The molecule has 78 valence electrons. The highest BCUT2D eigenvalue weighted by molar-refractivity contribution is 5.92. The molecule has 1 aliphatic heterocycles. The molecule has 1 N–H and O–H groups in total. The summed E-state index contributed by atoms with van der Waals surface area (Å²) in [4.78, 5) is 18.5. The van der Waals surface area contributed by atoms with Gasteiger partial charge in [-0.15, -0.1) is 0 Å². The Balaban J connectivity index is 2.42. The summed E-state index contributed by atoms with van der Waals surface area (Å²) in [6.45, 7) is 2.82. The molecule has 1 aliphatic rings. The number of aromatic nitrogens is 1. The van der Waals surface area contributed by atoms with Gasteiger partial charge in [0.25, 0.3) is 0 Å². The van der Waals surface area contributed by atoms with Crippen molar-refractivity contribution >= 4 is 24.3 Å². The highest BCUT2D eigenvalue weighted by Gasteiger charge is 2.08. The van der Waals surface area contributed by atoms with Crippen LogP contribution in [0.1, 0.15) is 17.4 Å². The van der Waals surface area contributed by atoms with Crippen LogP contribution < -0.4 is 10.6 Å². The Morgan fingerprint density at radius 2 is 2.53 bits per heavy atom. The quantitative estimate of drug-likeness (QED) is 0.680. The molecule has 0 amide bonds. The van der Waals surface area contributed by atoms with E-state index in [1.54, 1.807) is 19.2 Å². The van der Waals surface area contributed by atoms with E-state index in [1.165, 1.54) is 0 Å². The van der Waals surface area contributed by atoms with Crippen LogP contribution >= 0.6 is 0 Å². The molecule has 0 saturated heterocycles. The van der Waals surface area contributed by atoms with Crippen molar-refractivity contribution in [2.45, 2.75) is 6.92 Å². The minimum atomic E-state index is -0.315. The van der Waals surface area contributed by atoms with Crippen molar-refractivity contribution in [1.29, 1.82) is 0 Å². The van der Waals surface area contributed by atoms with E-state index < -0.39 is 0 Å². The van der Waals surface area contributed by atoms with Gasteiger partial charge in [0, 0.05) is 11.6 Å². The number of carbonyl (C=O) groups excluding carboxylic acids is 1. The van der Waals surface area contributed by atoms with E-state index in [2.05, 4.69) is 9.98 Å². The fraction of sp³-hybridized carbons (Fsp3) is 0.273. The third kappa shape index (κ3) is 1.98. The number of nitrogens with one attached hydrogen (secondary N) is 1. The van der Waals surface area contributed by atoms with Gasteiger partial charge in [-0.2, -0.15) is 0 Å². The van der Waals surface area contributed by atoms with Crippen LogP contribution in [0.4, 0.5) is 0 Å². The van der Waals surface area contributed by atoms with Crippen molar-refractivity contribution in [3.63, 3.8) is 0 Å². The molecule has 15 heavy (non-hydrogen) atoms. The van der Waals surface area contributed by atoms with Crippen LogP contribution in [0, 0.1) is 0 Å². The molecule has 0 fully saturated rings. The molecular formula is C11H12N2O2. The molecule has 0 atom stereocenters. The van der Waals surface area contributed by atoms with Crippen molar-refractivity contribution in [3.05, 3.63) is 22.3 Å². The maximum atomic E-state index is 11.4. The zero-order chi connectivity index (χ0) is 10.7. The number of ether oxygens (including phenoxy) is 1. The van der Waals surface area contributed by atoms with Gasteiger partial charge < -0.3 is 9.72 Å². The second-order valence-electron chi connectivity index (χ2n) is 3.16. The summed E-state index contributed by atoms with van der Waals surface area (Å²) in [6.07, 6.45) is 5.55. The average molecular weight is 204 g/mol. The fourth-order valence-electron chi connectivity index (χ4n) is 1.45. The van der Waals surface area contributed by atoms with Gasteiger partial charge in [-0.25, -0.2) is 4.79 Å². The van der Waals surface area contributed by atoms with Crippen LogP contribution in [-0.2, 0) is 4.74 Å². The minimum absolute atomic E-state index is 0.315. The lowest BCUT2D eigenvalue weighted by Crippen LogP contribution is -2.21. The zero-order valence-corrected chi connectivity index (χ0v) is 8.49. The van der Waals surface area contributed by atoms with Gasteiger partial charge in [0.15, 0.2) is 0 Å². The Hall–Kier alpha value is -1.84. The first-order valence-electron chi connectivity index (χ1n) is 4.87. The summed E-state index contributed by atoms with van der Waals surface area (Å²) in [5.41, 5.74) is 0.490. The lowest BCUT2D eigenvalue weighted by atomic mass is 10.3. The maximum absolute atomic E-state index is 11.4. The fourth-order valence-corrected chi connectivity index (χ4v) is 1.45. The first-order chi connectivity index (χ1) is 7.31. The molecule has 2 rings (SSSR count). The van der Waals surface area contributed by atoms with E-state index in [-0.39, 0.29) is 5.97 Å². The summed E-state index contributed by atoms with van der Waals surface area (Å²) in [5.74, 6) is -0.315. The average Bonchev–Trinajstić information content (AvgIpc) is 2.51. The van der Waals surface area contributed by atoms with E-state index >= 15 is 0 Å². The standard InChI is InChI=1S/C11H12N2O2/c1-2-15-11(14)10-7-8-3-5-12-6-4-9(8)13-10/h3-4,6-7,13H,2,5H2,1H3. The van der Waals surface area contributed by atoms with E-state index in [0.29, 0.717) is 18.8 Å². The summed E-state index contributed by atoms with van der Waals surface area (Å²) in [7, 11) is 0. The Morgan fingerprint density at radius 1 is 1.67 bits per heavy atom. The molecule has 0 unspecified atom stereocenters. The largest absolute Gasteiger partial charge is 0.461 e. The number of hydrogen-bond donors (Lipinski definition) is 1. The Kier molecular flexibility index (Phi) is 2.67. The highest BCUT2D eigenvalue weighted by Crippen LogP contribution is 1.92. The van der Waals surface area contributed by atoms with Gasteiger partial charge in [0.1, 0.15) is 5.69 Å². The molecule has 0 radical (unpaired) electrons. The molecule has 0 aliphatic carbocycles. The highest BCUT2D eigenvalue weighted by atomic mass is 16.5. The van der Waals surface area contributed by atoms with Crippen LogP contribution in [-0.4, -0.2) is 30.3 Å². The van der Waals surface area contributed by atoms with Gasteiger partial charge in [0.2, 0.25) is 0 Å². The first-order valence-corrected chi connectivity index (χ1v) is 4.87. The third-order valence-electron chi connectivity index (χ3n) is 2.14. The summed E-state index contributed by atoms with van der Waals surface area (Å²) < 4.78 is 4.91. The van der Waals surface area contributed by atoms with Crippen molar-refractivity contribution in [3.8, 4) is 0 Å². The second-order valence-corrected chi connectivity index (χ2v) is 3.16. The van der Waals surface area contributed by atoms with Crippen LogP contribution in [0.2, 0.25) is 0 Å². The topological polar surface area (TPSA) is 54.5 Å². The minimum Gasteiger partial charge on any atom is -0.461 e. The number of esters is 1. The number of rotatable bonds is 2. The van der Waals surface area contributed by atoms with Gasteiger partial charge in [-0.1, -0.05) is 6.08 Å². The van der Waals surface area contributed by atoms with Crippen molar-refractivity contribution in [2.24, 2.45) is 4.99 Å². The number of hydrogen-bond acceptors (Lipinski definition) is 3. The Morgan fingerprint density at radius 3 is 3.33 bits per heavy atom. The van der Waals surface area contributed by atoms with Crippen LogP contribution in [0.3, 0.4) is 0 Å². The molecule has 0 bridgehead atoms. The third-order valence-corrected chi connectivity index (χ3v) is 2.14. The van der Waals surface area contributed by atoms with Crippen LogP contribution in [0.25, 0.3) is 12.2 Å². The lowest BCUT2D eigenvalue weighted by molar-refractivity contribution is 0.0520. The number of aromatic amines is 1. The maximum Gasteiger partial charge on any atom is 0.354 e.